The molecule has 0 saturated heterocycles. The molecule has 2 nitrogen and oxygen atoms in total. The van der Waals surface area contributed by atoms with E-state index in [1.807, 2.05) is 13.8 Å². The van der Waals surface area contributed by atoms with Gasteiger partial charge in [-0.25, -0.2) is 9.97 Å². The van der Waals surface area contributed by atoms with Gasteiger partial charge in [0.15, 0.2) is 5.82 Å². The zero-order valence-corrected chi connectivity index (χ0v) is 12.2. The van der Waals surface area contributed by atoms with Crippen molar-refractivity contribution in [2.45, 2.75) is 34.6 Å². The second-order valence-electron chi connectivity index (χ2n) is 4.82. The molecular weight excluding hydrogens is 244 g/mol. The van der Waals surface area contributed by atoms with Crippen LogP contribution in [0.25, 0.3) is 11.4 Å². The first kappa shape index (κ1) is 13.0. The van der Waals surface area contributed by atoms with E-state index in [4.69, 9.17) is 11.6 Å². The average molecular weight is 261 g/mol. The fourth-order valence-corrected chi connectivity index (χ4v) is 2.46. The molecule has 94 valence electrons. The molecule has 1 heterocycles. The van der Waals surface area contributed by atoms with Crippen molar-refractivity contribution in [2.75, 3.05) is 0 Å². The van der Waals surface area contributed by atoms with Crippen molar-refractivity contribution in [3.8, 4) is 11.4 Å². The normalized spacial score (nSPS) is 10.8. The average Bonchev–Trinajstić information content (AvgIpc) is 2.24. The van der Waals surface area contributed by atoms with E-state index in [-0.39, 0.29) is 0 Å². The Morgan fingerprint density at radius 3 is 1.94 bits per heavy atom. The van der Waals surface area contributed by atoms with Crippen LogP contribution in [0.1, 0.15) is 27.9 Å². The van der Waals surface area contributed by atoms with Gasteiger partial charge in [0, 0.05) is 16.8 Å². The summed E-state index contributed by atoms with van der Waals surface area (Å²) in [6.07, 6.45) is 0. The van der Waals surface area contributed by atoms with Crippen LogP contribution in [-0.4, -0.2) is 9.97 Å². The number of rotatable bonds is 1. The minimum Gasteiger partial charge on any atom is -0.233 e. The minimum absolute atomic E-state index is 0.539. The van der Waals surface area contributed by atoms with Crippen LogP contribution in [0.15, 0.2) is 12.1 Å². The van der Waals surface area contributed by atoms with E-state index in [0.717, 1.165) is 22.6 Å². The molecule has 0 N–H and O–H groups in total. The van der Waals surface area contributed by atoms with Crippen LogP contribution in [0, 0.1) is 34.6 Å². The van der Waals surface area contributed by atoms with Gasteiger partial charge in [-0.15, -0.1) is 0 Å². The van der Waals surface area contributed by atoms with Gasteiger partial charge in [-0.3, -0.25) is 0 Å². The van der Waals surface area contributed by atoms with Crippen molar-refractivity contribution in [3.63, 3.8) is 0 Å². The van der Waals surface area contributed by atoms with Crippen LogP contribution in [0.2, 0.25) is 5.15 Å². The van der Waals surface area contributed by atoms with Crippen LogP contribution in [0.4, 0.5) is 0 Å². The van der Waals surface area contributed by atoms with Gasteiger partial charge in [-0.2, -0.15) is 0 Å². The van der Waals surface area contributed by atoms with E-state index < -0.39 is 0 Å². The molecule has 0 unspecified atom stereocenters. The first-order valence-corrected chi connectivity index (χ1v) is 6.37. The fourth-order valence-electron chi connectivity index (χ4n) is 2.24. The molecule has 1 aromatic heterocycles. The molecule has 0 aliphatic carbocycles. The third-order valence-electron chi connectivity index (χ3n) is 3.23. The van der Waals surface area contributed by atoms with Crippen molar-refractivity contribution < 1.29 is 0 Å². The Labute approximate surface area is 113 Å². The summed E-state index contributed by atoms with van der Waals surface area (Å²) in [6.45, 7) is 10.2. The highest BCUT2D eigenvalue weighted by Gasteiger charge is 2.12. The van der Waals surface area contributed by atoms with Crippen molar-refractivity contribution >= 4 is 11.6 Å². The summed E-state index contributed by atoms with van der Waals surface area (Å²) < 4.78 is 0. The van der Waals surface area contributed by atoms with Gasteiger partial charge >= 0.3 is 0 Å². The summed E-state index contributed by atoms with van der Waals surface area (Å²) in [4.78, 5) is 8.97. The van der Waals surface area contributed by atoms with Crippen LogP contribution in [0.5, 0.6) is 0 Å². The van der Waals surface area contributed by atoms with E-state index in [0.29, 0.717) is 5.15 Å². The van der Waals surface area contributed by atoms with Crippen LogP contribution < -0.4 is 0 Å². The first-order valence-electron chi connectivity index (χ1n) is 5.99. The third kappa shape index (κ3) is 2.25. The third-order valence-corrected chi connectivity index (χ3v) is 3.60. The van der Waals surface area contributed by atoms with Gasteiger partial charge in [-0.1, -0.05) is 29.3 Å². The molecule has 18 heavy (non-hydrogen) atoms. The molecule has 3 heteroatoms. The zero-order chi connectivity index (χ0) is 13.4. The highest BCUT2D eigenvalue weighted by Crippen LogP contribution is 2.28. The van der Waals surface area contributed by atoms with Gasteiger partial charge in [0.1, 0.15) is 5.15 Å². The molecule has 0 fully saturated rings. The molecule has 2 rings (SSSR count). The van der Waals surface area contributed by atoms with Gasteiger partial charge in [0.2, 0.25) is 0 Å². The lowest BCUT2D eigenvalue weighted by Gasteiger charge is -2.12. The largest absolute Gasteiger partial charge is 0.233 e. The van der Waals surface area contributed by atoms with E-state index in [9.17, 15) is 0 Å². The van der Waals surface area contributed by atoms with Crippen molar-refractivity contribution in [1.29, 1.82) is 0 Å². The number of benzene rings is 1. The highest BCUT2D eigenvalue weighted by atomic mass is 35.5. The van der Waals surface area contributed by atoms with E-state index in [1.165, 1.54) is 16.7 Å². The lowest BCUT2D eigenvalue weighted by atomic mass is 9.99. The van der Waals surface area contributed by atoms with Crippen LogP contribution in [0.3, 0.4) is 0 Å². The molecule has 0 saturated carbocycles. The molecule has 0 spiro atoms. The Balaban J connectivity index is 2.70. The molecule has 0 atom stereocenters. The zero-order valence-electron chi connectivity index (χ0n) is 11.4. The Bertz CT molecular complexity index is 572. The second kappa shape index (κ2) is 4.69. The van der Waals surface area contributed by atoms with Gasteiger partial charge in [0.25, 0.3) is 0 Å². The SMILES string of the molecule is Cc1cc(C)c(-c2nc(C)c(C)c(Cl)n2)c(C)c1. The summed E-state index contributed by atoms with van der Waals surface area (Å²) >= 11 is 6.15. The van der Waals surface area contributed by atoms with Gasteiger partial charge in [-0.05, 0) is 45.7 Å². The fraction of sp³-hybridized carbons (Fsp3) is 0.333. The first-order chi connectivity index (χ1) is 8.40. The van der Waals surface area contributed by atoms with Crippen molar-refractivity contribution in [3.05, 3.63) is 45.2 Å². The predicted molar refractivity (Wildman–Crippen MR) is 76.2 cm³/mol. The summed E-state index contributed by atoms with van der Waals surface area (Å²) in [5.74, 6) is 0.720. The monoisotopic (exact) mass is 260 g/mol. The van der Waals surface area contributed by atoms with Crippen molar-refractivity contribution in [1.82, 2.24) is 9.97 Å². The summed E-state index contributed by atoms with van der Waals surface area (Å²) in [7, 11) is 0. The number of halogens is 1. The topological polar surface area (TPSA) is 25.8 Å². The van der Waals surface area contributed by atoms with Crippen molar-refractivity contribution in [2.24, 2.45) is 0 Å². The van der Waals surface area contributed by atoms with E-state index in [1.54, 1.807) is 0 Å². The Hall–Kier alpha value is -1.41. The lowest BCUT2D eigenvalue weighted by molar-refractivity contribution is 1.06. The molecule has 0 bridgehead atoms. The molecule has 0 aliphatic heterocycles. The molecule has 0 amide bonds. The van der Waals surface area contributed by atoms with Crippen LogP contribution in [-0.2, 0) is 0 Å². The quantitative estimate of drug-likeness (QED) is 0.713. The van der Waals surface area contributed by atoms with E-state index >= 15 is 0 Å². The van der Waals surface area contributed by atoms with Crippen LogP contribution >= 0.6 is 11.6 Å². The molecule has 0 aliphatic rings. The molecule has 1 aromatic carbocycles. The molecule has 2 aromatic rings. The summed E-state index contributed by atoms with van der Waals surface area (Å²) in [6, 6.07) is 4.30. The van der Waals surface area contributed by atoms with Gasteiger partial charge < -0.3 is 0 Å². The maximum absolute atomic E-state index is 6.15. The highest BCUT2D eigenvalue weighted by molar-refractivity contribution is 6.30. The summed E-state index contributed by atoms with van der Waals surface area (Å²) in [5.41, 5.74) is 6.60. The Kier molecular flexibility index (Phi) is 3.40. The Morgan fingerprint density at radius 2 is 1.44 bits per heavy atom. The number of hydrogen-bond donors (Lipinski definition) is 0. The standard InChI is InChI=1S/C15H17ClN2/c1-8-6-9(2)13(10(3)7-8)15-17-12(5)11(4)14(16)18-15/h6-7H,1-5H3. The summed E-state index contributed by atoms with van der Waals surface area (Å²) in [5, 5.41) is 0.539. The maximum atomic E-state index is 6.15. The lowest BCUT2D eigenvalue weighted by Crippen LogP contribution is -2.00. The molecular formula is C15H17ClN2. The Morgan fingerprint density at radius 1 is 0.889 bits per heavy atom. The number of hydrogen-bond acceptors (Lipinski definition) is 2. The molecule has 0 radical (unpaired) electrons. The van der Waals surface area contributed by atoms with E-state index in [2.05, 4.69) is 42.9 Å². The van der Waals surface area contributed by atoms with Gasteiger partial charge in [0.05, 0.1) is 0 Å². The smallest absolute Gasteiger partial charge is 0.161 e. The predicted octanol–water partition coefficient (Wildman–Crippen LogP) is 4.34. The number of aryl methyl sites for hydroxylation is 4. The number of nitrogens with zero attached hydrogens (tertiary/aromatic N) is 2. The maximum Gasteiger partial charge on any atom is 0.161 e. The minimum atomic E-state index is 0.539. The second-order valence-corrected chi connectivity index (χ2v) is 5.18. The number of aromatic nitrogens is 2.